The predicted molar refractivity (Wildman–Crippen MR) is 113 cm³/mol. The molecule has 156 valence electrons. The van der Waals surface area contributed by atoms with Gasteiger partial charge in [0, 0.05) is 25.0 Å². The molecule has 0 atom stereocenters. The fourth-order valence-electron chi connectivity index (χ4n) is 3.33. The summed E-state index contributed by atoms with van der Waals surface area (Å²) in [5.74, 6) is -0.892. The van der Waals surface area contributed by atoms with Gasteiger partial charge in [-0.25, -0.2) is 9.18 Å². The number of ether oxygens (including phenoxy) is 1. The minimum atomic E-state index is -0.442. The summed E-state index contributed by atoms with van der Waals surface area (Å²) in [7, 11) is 1.75. The zero-order chi connectivity index (χ0) is 21.7. The van der Waals surface area contributed by atoms with Crippen LogP contribution < -0.4 is 0 Å². The van der Waals surface area contributed by atoms with Crippen LogP contribution in [0.25, 0.3) is 11.3 Å². The highest BCUT2D eigenvalue weighted by atomic mass is 19.1. The summed E-state index contributed by atoms with van der Waals surface area (Å²) >= 11 is 0. The first-order chi connectivity index (χ1) is 14.4. The Bertz CT molecular complexity index is 1030. The van der Waals surface area contributed by atoms with Gasteiger partial charge in [0.05, 0.1) is 12.2 Å². The van der Waals surface area contributed by atoms with Gasteiger partial charge in [0.1, 0.15) is 12.4 Å². The van der Waals surface area contributed by atoms with E-state index in [4.69, 9.17) is 4.74 Å². The molecule has 0 spiro atoms. The van der Waals surface area contributed by atoms with Gasteiger partial charge in [-0.05, 0) is 55.3 Å². The number of hydrogen-bond donors (Lipinski definition) is 0. The summed E-state index contributed by atoms with van der Waals surface area (Å²) in [4.78, 5) is 27.0. The Morgan fingerprint density at radius 3 is 2.37 bits per heavy atom. The monoisotopic (exact) mass is 408 g/mol. The molecular weight excluding hydrogens is 383 g/mol. The van der Waals surface area contributed by atoms with Crippen LogP contribution in [-0.2, 0) is 22.6 Å². The zero-order valence-corrected chi connectivity index (χ0v) is 17.4. The number of hydrogen-bond acceptors (Lipinski definition) is 3. The van der Waals surface area contributed by atoms with Crippen LogP contribution in [-0.4, -0.2) is 35.0 Å². The molecule has 0 bridgehead atoms. The van der Waals surface area contributed by atoms with Crippen molar-refractivity contribution >= 4 is 11.9 Å². The largest absolute Gasteiger partial charge is 0.462 e. The average Bonchev–Trinajstić information content (AvgIpc) is 3.06. The summed E-state index contributed by atoms with van der Waals surface area (Å²) in [6.45, 7) is 4.32. The van der Waals surface area contributed by atoms with Crippen molar-refractivity contribution in [1.29, 1.82) is 0 Å². The summed E-state index contributed by atoms with van der Waals surface area (Å²) in [6.07, 6.45) is 0. The van der Waals surface area contributed by atoms with Crippen LogP contribution in [0, 0.1) is 12.7 Å². The van der Waals surface area contributed by atoms with Gasteiger partial charge in [-0.1, -0.05) is 30.3 Å². The van der Waals surface area contributed by atoms with Crippen LogP contribution in [0.5, 0.6) is 0 Å². The van der Waals surface area contributed by atoms with E-state index < -0.39 is 5.97 Å². The first-order valence-corrected chi connectivity index (χ1v) is 9.81. The fraction of sp³-hybridized carbons (Fsp3) is 0.250. The molecule has 0 N–H and O–H groups in total. The van der Waals surface area contributed by atoms with Gasteiger partial charge in [0.15, 0.2) is 0 Å². The lowest BCUT2D eigenvalue weighted by Crippen LogP contribution is -2.30. The van der Waals surface area contributed by atoms with Gasteiger partial charge in [-0.3, -0.25) is 4.79 Å². The van der Waals surface area contributed by atoms with Crippen molar-refractivity contribution in [3.63, 3.8) is 0 Å². The summed E-state index contributed by atoms with van der Waals surface area (Å²) in [5.41, 5.74) is 3.44. The Labute approximate surface area is 175 Å². The van der Waals surface area contributed by atoms with Crippen molar-refractivity contribution in [2.75, 3.05) is 13.7 Å². The number of benzene rings is 2. The van der Waals surface area contributed by atoms with Crippen molar-refractivity contribution in [3.05, 3.63) is 83.3 Å². The molecule has 2 aromatic carbocycles. The van der Waals surface area contributed by atoms with Gasteiger partial charge in [-0.2, -0.15) is 0 Å². The van der Waals surface area contributed by atoms with E-state index in [2.05, 4.69) is 0 Å². The summed E-state index contributed by atoms with van der Waals surface area (Å²) in [5, 5.41) is 0. The van der Waals surface area contributed by atoms with E-state index in [0.717, 1.165) is 5.56 Å². The second kappa shape index (κ2) is 9.39. The highest BCUT2D eigenvalue weighted by Crippen LogP contribution is 2.27. The lowest BCUT2D eigenvalue weighted by Gasteiger charge is -2.20. The number of halogens is 1. The maximum Gasteiger partial charge on any atom is 0.339 e. The number of carbonyl (C=O) groups is 2. The molecule has 0 fully saturated rings. The van der Waals surface area contributed by atoms with E-state index in [0.29, 0.717) is 29.1 Å². The molecule has 3 rings (SSSR count). The van der Waals surface area contributed by atoms with Crippen molar-refractivity contribution in [3.8, 4) is 11.3 Å². The van der Waals surface area contributed by atoms with E-state index in [9.17, 15) is 14.0 Å². The molecule has 1 aromatic heterocycles. The standard InChI is InChI=1S/C24H25FN2O3/c1-4-30-24(29)21-14-22(19-10-12-20(25)13-11-19)27(17(21)2)16-23(28)26(3)15-18-8-6-5-7-9-18/h5-14H,4,15-16H2,1-3H3. The number of carbonyl (C=O) groups excluding carboxylic acids is 2. The predicted octanol–water partition coefficient (Wildman–Crippen LogP) is 4.44. The topological polar surface area (TPSA) is 51.5 Å². The molecule has 0 unspecified atom stereocenters. The quantitative estimate of drug-likeness (QED) is 0.543. The van der Waals surface area contributed by atoms with E-state index in [1.165, 1.54) is 12.1 Å². The van der Waals surface area contributed by atoms with Gasteiger partial charge < -0.3 is 14.2 Å². The van der Waals surface area contributed by atoms with Gasteiger partial charge in [0.25, 0.3) is 0 Å². The number of aromatic nitrogens is 1. The Morgan fingerprint density at radius 1 is 1.07 bits per heavy atom. The van der Waals surface area contributed by atoms with Crippen LogP contribution in [0.2, 0.25) is 0 Å². The number of likely N-dealkylation sites (N-methyl/N-ethyl adjacent to an activating group) is 1. The number of esters is 1. The molecule has 6 heteroatoms. The minimum absolute atomic E-state index is 0.0568. The van der Waals surface area contributed by atoms with E-state index in [-0.39, 0.29) is 24.9 Å². The molecular formula is C24H25FN2O3. The highest BCUT2D eigenvalue weighted by molar-refractivity contribution is 5.93. The van der Waals surface area contributed by atoms with Gasteiger partial charge in [-0.15, -0.1) is 0 Å². The molecule has 0 aliphatic carbocycles. The molecule has 1 amide bonds. The summed E-state index contributed by atoms with van der Waals surface area (Å²) in [6, 6.07) is 17.4. The maximum absolute atomic E-state index is 13.4. The third-order valence-electron chi connectivity index (χ3n) is 4.98. The fourth-order valence-corrected chi connectivity index (χ4v) is 3.33. The SMILES string of the molecule is CCOC(=O)c1cc(-c2ccc(F)cc2)n(CC(=O)N(C)Cc2ccccc2)c1C. The van der Waals surface area contributed by atoms with Crippen LogP contribution in [0.15, 0.2) is 60.7 Å². The first kappa shape index (κ1) is 21.3. The molecule has 0 aliphatic heterocycles. The summed E-state index contributed by atoms with van der Waals surface area (Å²) < 4.78 is 20.3. The molecule has 30 heavy (non-hydrogen) atoms. The molecule has 0 radical (unpaired) electrons. The lowest BCUT2D eigenvalue weighted by atomic mass is 10.1. The Balaban J connectivity index is 1.92. The van der Waals surface area contributed by atoms with Crippen molar-refractivity contribution in [2.45, 2.75) is 26.9 Å². The van der Waals surface area contributed by atoms with Crippen molar-refractivity contribution in [1.82, 2.24) is 9.47 Å². The van der Waals surface area contributed by atoms with Crippen LogP contribution in [0.3, 0.4) is 0 Å². The Kier molecular flexibility index (Phi) is 6.67. The van der Waals surface area contributed by atoms with E-state index in [1.807, 2.05) is 30.3 Å². The lowest BCUT2D eigenvalue weighted by molar-refractivity contribution is -0.131. The van der Waals surface area contributed by atoms with E-state index >= 15 is 0 Å². The highest BCUT2D eigenvalue weighted by Gasteiger charge is 2.22. The number of rotatable bonds is 7. The van der Waals surface area contributed by atoms with Crippen molar-refractivity contribution in [2.24, 2.45) is 0 Å². The van der Waals surface area contributed by atoms with Crippen molar-refractivity contribution < 1.29 is 18.7 Å². The van der Waals surface area contributed by atoms with Gasteiger partial charge in [0.2, 0.25) is 5.91 Å². The Hall–Kier alpha value is -3.41. The average molecular weight is 408 g/mol. The molecule has 5 nitrogen and oxygen atoms in total. The number of nitrogens with zero attached hydrogens (tertiary/aromatic N) is 2. The Morgan fingerprint density at radius 2 is 1.73 bits per heavy atom. The molecule has 0 saturated carbocycles. The number of amides is 1. The first-order valence-electron chi connectivity index (χ1n) is 9.81. The van der Waals surface area contributed by atoms with E-state index in [1.54, 1.807) is 48.6 Å². The van der Waals surface area contributed by atoms with Crippen LogP contribution in [0.1, 0.15) is 28.5 Å². The van der Waals surface area contributed by atoms with Crippen LogP contribution >= 0.6 is 0 Å². The third kappa shape index (κ3) is 4.76. The minimum Gasteiger partial charge on any atom is -0.462 e. The third-order valence-corrected chi connectivity index (χ3v) is 4.98. The molecule has 3 aromatic rings. The van der Waals surface area contributed by atoms with Crippen LogP contribution in [0.4, 0.5) is 4.39 Å². The second-order valence-corrected chi connectivity index (χ2v) is 7.08. The normalized spacial score (nSPS) is 10.7. The van der Waals surface area contributed by atoms with Gasteiger partial charge >= 0.3 is 5.97 Å². The second-order valence-electron chi connectivity index (χ2n) is 7.08. The molecule has 1 heterocycles. The smallest absolute Gasteiger partial charge is 0.339 e. The maximum atomic E-state index is 13.4. The molecule has 0 aliphatic rings. The molecule has 0 saturated heterocycles. The zero-order valence-electron chi connectivity index (χ0n) is 17.4.